The molecule has 0 radical (unpaired) electrons. The van der Waals surface area contributed by atoms with Crippen LogP contribution >= 0.6 is 0 Å². The number of benzene rings is 5. The topological polar surface area (TPSA) is 44.3 Å². The molecule has 9 aromatic rings. The van der Waals surface area contributed by atoms with Crippen molar-refractivity contribution in [2.24, 2.45) is 0 Å². The maximum Gasteiger partial charge on any atom is 0.146 e. The molecule has 4 heterocycles. The molecule has 4 aromatic heterocycles. The normalized spacial score (nSPS) is 12.2. The molecule has 0 amide bonds. The van der Waals surface area contributed by atoms with Gasteiger partial charge in [-0.05, 0) is 66.3 Å². The van der Waals surface area contributed by atoms with Crippen LogP contribution in [0.1, 0.15) is 32.0 Å². The third kappa shape index (κ3) is 4.31. The molecule has 0 saturated heterocycles. The lowest BCUT2D eigenvalue weighted by Crippen LogP contribution is -2.16. The second-order valence-corrected chi connectivity index (χ2v) is 13.6. The number of hydrogen-bond acceptors (Lipinski definition) is 3. The van der Waals surface area contributed by atoms with Gasteiger partial charge in [-0.1, -0.05) is 93.6 Å². The van der Waals surface area contributed by atoms with E-state index in [1.807, 2.05) is 12.3 Å². The highest BCUT2D eigenvalue weighted by Crippen LogP contribution is 2.40. The lowest BCUT2D eigenvalue weighted by atomic mass is 9.87. The highest BCUT2D eigenvalue weighted by molar-refractivity contribution is 6.13. The lowest BCUT2D eigenvalue weighted by molar-refractivity contribution is 0.484. The summed E-state index contributed by atoms with van der Waals surface area (Å²) < 4.78 is 11.3. The number of rotatable bonds is 4. The number of nitrogens with zero attached hydrogens (tertiary/aromatic N) is 4. The van der Waals surface area contributed by atoms with Crippen molar-refractivity contribution < 1.29 is 4.74 Å². The molecule has 9 rings (SSSR count). The molecule has 48 heavy (non-hydrogen) atoms. The summed E-state index contributed by atoms with van der Waals surface area (Å²) in [6.45, 7) is 8.80. The third-order valence-corrected chi connectivity index (χ3v) is 9.45. The van der Waals surface area contributed by atoms with Gasteiger partial charge in [0.15, 0.2) is 0 Å². The van der Waals surface area contributed by atoms with Crippen LogP contribution in [-0.2, 0) is 5.41 Å². The van der Waals surface area contributed by atoms with E-state index in [0.717, 1.165) is 72.6 Å². The van der Waals surface area contributed by atoms with Crippen molar-refractivity contribution in [1.82, 2.24) is 18.9 Å². The van der Waals surface area contributed by atoms with E-state index in [0.29, 0.717) is 0 Å². The van der Waals surface area contributed by atoms with Crippen LogP contribution in [0.15, 0.2) is 134 Å². The summed E-state index contributed by atoms with van der Waals surface area (Å²) in [5, 5.41) is 5.73. The number of imidazole rings is 1. The Morgan fingerprint density at radius 3 is 2.00 bits per heavy atom. The maximum atomic E-state index is 6.69. The Morgan fingerprint density at radius 1 is 0.583 bits per heavy atom. The Kier molecular flexibility index (Phi) is 6.21. The van der Waals surface area contributed by atoms with Gasteiger partial charge in [0, 0.05) is 44.9 Å². The summed E-state index contributed by atoms with van der Waals surface area (Å²) in [6, 6.07) is 44.6. The zero-order valence-corrected chi connectivity index (χ0v) is 27.4. The summed E-state index contributed by atoms with van der Waals surface area (Å²) in [6.07, 6.45) is 1.88. The SMILES string of the molecule is Cc1nc2c3cc(Oc4ccc5c6ccccc6n(-c6ncccc6C(C)(C)C)c5c4)ccc3c3ccccc3n2c1-c1ccccc1. The Bertz CT molecular complexity index is 2690. The average molecular weight is 623 g/mol. The molecule has 5 aromatic carbocycles. The lowest BCUT2D eigenvalue weighted by Gasteiger charge is -2.23. The van der Waals surface area contributed by atoms with Gasteiger partial charge in [0.1, 0.15) is 23.0 Å². The van der Waals surface area contributed by atoms with Gasteiger partial charge in [-0.2, -0.15) is 0 Å². The zero-order valence-electron chi connectivity index (χ0n) is 27.4. The Labute approximate surface area is 278 Å². The number of pyridine rings is 2. The molecule has 0 N–H and O–H groups in total. The van der Waals surface area contributed by atoms with Gasteiger partial charge in [0.05, 0.1) is 27.9 Å². The second kappa shape index (κ2) is 10.5. The Hall–Kier alpha value is -5.94. The molecule has 0 spiro atoms. The van der Waals surface area contributed by atoms with Crippen molar-refractivity contribution >= 4 is 49.1 Å². The molecule has 5 heteroatoms. The summed E-state index contributed by atoms with van der Waals surface area (Å²) in [7, 11) is 0. The predicted octanol–water partition coefficient (Wildman–Crippen LogP) is 11.2. The van der Waals surface area contributed by atoms with Gasteiger partial charge in [-0.15, -0.1) is 0 Å². The van der Waals surface area contributed by atoms with Crippen molar-refractivity contribution in [2.45, 2.75) is 33.1 Å². The van der Waals surface area contributed by atoms with Crippen LogP contribution in [0, 0.1) is 6.92 Å². The highest BCUT2D eigenvalue weighted by atomic mass is 16.5. The summed E-state index contributed by atoms with van der Waals surface area (Å²) in [4.78, 5) is 10.1. The number of fused-ring (bicyclic) bond motifs is 9. The van der Waals surface area contributed by atoms with Gasteiger partial charge >= 0.3 is 0 Å². The van der Waals surface area contributed by atoms with E-state index in [9.17, 15) is 0 Å². The summed E-state index contributed by atoms with van der Waals surface area (Å²) in [5.41, 5.74) is 8.59. The fraction of sp³-hybridized carbons (Fsp3) is 0.116. The van der Waals surface area contributed by atoms with Crippen molar-refractivity contribution in [3.8, 4) is 28.6 Å². The molecule has 5 nitrogen and oxygen atoms in total. The Morgan fingerprint density at radius 2 is 1.23 bits per heavy atom. The molecule has 232 valence electrons. The number of ether oxygens (including phenoxy) is 1. The van der Waals surface area contributed by atoms with Crippen molar-refractivity contribution in [3.05, 3.63) is 145 Å². The van der Waals surface area contributed by atoms with Crippen LogP contribution in [0.5, 0.6) is 11.5 Å². The fourth-order valence-corrected chi connectivity index (χ4v) is 7.32. The quantitative estimate of drug-likeness (QED) is 0.183. The molecule has 0 saturated carbocycles. The van der Waals surface area contributed by atoms with Crippen molar-refractivity contribution in [1.29, 1.82) is 0 Å². The molecule has 0 unspecified atom stereocenters. The van der Waals surface area contributed by atoms with Gasteiger partial charge in [-0.25, -0.2) is 9.97 Å². The monoisotopic (exact) mass is 622 g/mol. The van der Waals surface area contributed by atoms with Crippen LogP contribution in [0.4, 0.5) is 0 Å². The molecule has 0 aliphatic rings. The first kappa shape index (κ1) is 28.3. The van der Waals surface area contributed by atoms with Crippen molar-refractivity contribution in [2.75, 3.05) is 0 Å². The Balaban J connectivity index is 1.23. The summed E-state index contributed by atoms with van der Waals surface area (Å²) in [5.74, 6) is 2.47. The van der Waals surface area contributed by atoms with Gasteiger partial charge in [0.25, 0.3) is 0 Å². The standard InChI is InChI=1S/C43H34N4O/c1-27-40(28-13-6-5-7-14-28)47-38-19-11-8-15-32(38)31-22-20-29(25-35(31)41(47)45-27)48-30-21-23-34-33-16-9-10-18-37(33)46(39(34)26-30)42-36(43(2,3)4)17-12-24-44-42/h5-26H,1-4H3. The first-order valence-corrected chi connectivity index (χ1v) is 16.4. The van der Waals surface area contributed by atoms with E-state index in [-0.39, 0.29) is 5.41 Å². The molecule has 0 aliphatic carbocycles. The van der Waals surface area contributed by atoms with Gasteiger partial charge in [0.2, 0.25) is 0 Å². The predicted molar refractivity (Wildman–Crippen MR) is 198 cm³/mol. The molecular formula is C43H34N4O. The van der Waals surface area contributed by atoms with Gasteiger partial charge < -0.3 is 4.74 Å². The fourth-order valence-electron chi connectivity index (χ4n) is 7.32. The van der Waals surface area contributed by atoms with E-state index < -0.39 is 0 Å². The summed E-state index contributed by atoms with van der Waals surface area (Å²) >= 11 is 0. The van der Waals surface area contributed by atoms with Crippen LogP contribution in [0.25, 0.3) is 66.2 Å². The number of aromatic nitrogens is 4. The zero-order chi connectivity index (χ0) is 32.6. The van der Waals surface area contributed by atoms with E-state index in [1.54, 1.807) is 0 Å². The van der Waals surface area contributed by atoms with Crippen molar-refractivity contribution in [3.63, 3.8) is 0 Å². The molecule has 0 atom stereocenters. The maximum absolute atomic E-state index is 6.69. The van der Waals surface area contributed by atoms with E-state index >= 15 is 0 Å². The largest absolute Gasteiger partial charge is 0.457 e. The molecule has 0 bridgehead atoms. The average Bonchev–Trinajstić information content (AvgIpc) is 3.63. The highest BCUT2D eigenvalue weighted by Gasteiger charge is 2.23. The van der Waals surface area contributed by atoms with Crippen LogP contribution in [0.2, 0.25) is 0 Å². The van der Waals surface area contributed by atoms with E-state index in [1.165, 1.54) is 16.3 Å². The first-order chi connectivity index (χ1) is 23.4. The molecule has 0 aliphatic heterocycles. The van der Waals surface area contributed by atoms with Crippen LogP contribution < -0.4 is 4.74 Å². The van der Waals surface area contributed by atoms with E-state index in [2.05, 4.69) is 158 Å². The van der Waals surface area contributed by atoms with Crippen LogP contribution in [0.3, 0.4) is 0 Å². The minimum Gasteiger partial charge on any atom is -0.457 e. The minimum atomic E-state index is -0.0818. The smallest absolute Gasteiger partial charge is 0.146 e. The minimum absolute atomic E-state index is 0.0818. The third-order valence-electron chi connectivity index (χ3n) is 9.45. The second-order valence-electron chi connectivity index (χ2n) is 13.6. The first-order valence-electron chi connectivity index (χ1n) is 16.4. The number of hydrogen-bond donors (Lipinski definition) is 0. The molecular weight excluding hydrogens is 589 g/mol. The van der Waals surface area contributed by atoms with E-state index in [4.69, 9.17) is 14.7 Å². The molecule has 0 fully saturated rings. The van der Waals surface area contributed by atoms with Gasteiger partial charge in [-0.3, -0.25) is 8.97 Å². The van der Waals surface area contributed by atoms with Crippen LogP contribution in [-0.4, -0.2) is 18.9 Å². The number of aryl methyl sites for hydroxylation is 1. The number of para-hydroxylation sites is 2.